The van der Waals surface area contributed by atoms with Crippen LogP contribution in [0.15, 0.2) is 46.7 Å². The minimum atomic E-state index is -1.81. The van der Waals surface area contributed by atoms with Crippen LogP contribution in [0.2, 0.25) is 0 Å². The highest BCUT2D eigenvalue weighted by Crippen LogP contribution is 2.50. The molecule has 1 N–H and O–H groups in total. The first-order valence-corrected chi connectivity index (χ1v) is 15.6. The van der Waals surface area contributed by atoms with Gasteiger partial charge in [0.1, 0.15) is 24.7 Å². The number of ether oxygens (including phenoxy) is 2. The van der Waals surface area contributed by atoms with Gasteiger partial charge in [0.05, 0.1) is 30.4 Å². The number of carboxylic acid groups (broad SMARTS) is 1. The molecule has 11 nitrogen and oxygen atoms in total. The van der Waals surface area contributed by atoms with E-state index in [1.54, 1.807) is 14.0 Å². The number of imide groups is 1. The third kappa shape index (κ3) is 5.02. The average Bonchev–Trinajstić information content (AvgIpc) is 3.78. The van der Waals surface area contributed by atoms with Crippen LogP contribution in [0.25, 0.3) is 4.91 Å². The van der Waals surface area contributed by atoms with Crippen LogP contribution in [0.1, 0.15) is 64.0 Å². The molecule has 1 aromatic heterocycles. The number of carboxylic acids is 1. The van der Waals surface area contributed by atoms with Gasteiger partial charge in [-0.15, -0.1) is 4.90 Å². The zero-order chi connectivity index (χ0) is 31.3. The Kier molecular flexibility index (Phi) is 7.88. The van der Waals surface area contributed by atoms with E-state index in [9.17, 15) is 24.8 Å². The smallest absolute Gasteiger partial charge is 0.496 e. The third-order valence-electron chi connectivity index (χ3n) is 9.46. The first kappa shape index (κ1) is 30.1. The van der Waals surface area contributed by atoms with Gasteiger partial charge in [-0.25, -0.2) is 14.6 Å². The monoisotopic (exact) mass is 619 g/mol. The Labute approximate surface area is 259 Å². The van der Waals surface area contributed by atoms with Gasteiger partial charge >= 0.3 is 17.9 Å². The van der Waals surface area contributed by atoms with Crippen LogP contribution in [0.4, 0.5) is 4.79 Å². The number of rotatable bonds is 9. The number of aliphatic carboxylic acids is 1. The van der Waals surface area contributed by atoms with E-state index in [2.05, 4.69) is 11.1 Å². The number of oxazole rings is 1. The number of amides is 3. The van der Waals surface area contributed by atoms with E-state index in [-0.39, 0.29) is 18.6 Å². The van der Waals surface area contributed by atoms with Crippen LogP contribution < -0.4 is 4.74 Å². The van der Waals surface area contributed by atoms with Gasteiger partial charge in [-0.1, -0.05) is 18.2 Å². The highest BCUT2D eigenvalue weighted by atomic mass is 32.2. The predicted molar refractivity (Wildman–Crippen MR) is 159 cm³/mol. The van der Waals surface area contributed by atoms with Gasteiger partial charge in [0, 0.05) is 11.5 Å². The van der Waals surface area contributed by atoms with Crippen LogP contribution in [-0.2, 0) is 14.3 Å². The number of methoxy groups -OCH3 is 1. The van der Waals surface area contributed by atoms with E-state index in [4.69, 9.17) is 13.9 Å². The summed E-state index contributed by atoms with van der Waals surface area (Å²) in [6.45, 7) is 4.51. The number of thioether (sulfide) groups is 1. The summed E-state index contributed by atoms with van der Waals surface area (Å²) in [7, 11) is 1.58. The number of hydrogen-bond donors (Lipinski definition) is 1. The largest absolute Gasteiger partial charge is 0.502 e. The van der Waals surface area contributed by atoms with E-state index in [1.165, 1.54) is 42.6 Å². The Hall–Kier alpha value is -3.95. The zero-order valence-corrected chi connectivity index (χ0v) is 25.9. The number of fused-ring (bicyclic) bond motifs is 2. The first-order valence-electron chi connectivity index (χ1n) is 14.8. The van der Waals surface area contributed by atoms with Gasteiger partial charge in [0.2, 0.25) is 11.4 Å². The molecule has 3 heterocycles. The molecule has 2 aromatic rings. The fourth-order valence-corrected chi connectivity index (χ4v) is 8.48. The quantitative estimate of drug-likeness (QED) is 0.376. The number of nitrogens with zero attached hydrogens (tertiary/aromatic N) is 4. The fourth-order valence-electron chi connectivity index (χ4n) is 7.15. The molecule has 0 spiro atoms. The summed E-state index contributed by atoms with van der Waals surface area (Å²) in [5.41, 5.74) is -0.435. The highest BCUT2D eigenvalue weighted by Gasteiger charge is 2.60. The second-order valence-corrected chi connectivity index (χ2v) is 13.5. The van der Waals surface area contributed by atoms with Gasteiger partial charge in [-0.3, -0.25) is 0 Å². The lowest BCUT2D eigenvalue weighted by Crippen LogP contribution is -2.63. The van der Waals surface area contributed by atoms with E-state index < -0.39 is 35.5 Å². The molecule has 6 rings (SSSR count). The van der Waals surface area contributed by atoms with E-state index in [1.807, 2.05) is 24.3 Å². The average molecular weight is 620 g/mol. The molecule has 44 heavy (non-hydrogen) atoms. The van der Waals surface area contributed by atoms with Crippen molar-refractivity contribution in [2.24, 2.45) is 23.7 Å². The van der Waals surface area contributed by atoms with Crippen molar-refractivity contribution in [3.63, 3.8) is 0 Å². The number of hydrogen-bond acceptors (Lipinski definition) is 9. The molecule has 0 bridgehead atoms. The lowest BCUT2D eigenvalue weighted by molar-refractivity contribution is -0.454. The number of aromatic nitrogens is 1. The molecular formula is C32H35N4O7S+. The Balaban J connectivity index is 1.41. The number of carbonyl (C=O) groups is 3. The maximum absolute atomic E-state index is 14.3. The molecule has 2 saturated carbocycles. The third-order valence-corrected chi connectivity index (χ3v) is 10.8. The Morgan fingerprint density at radius 2 is 1.95 bits per heavy atom. The van der Waals surface area contributed by atoms with Crippen molar-refractivity contribution in [3.05, 3.63) is 53.8 Å². The van der Waals surface area contributed by atoms with Gasteiger partial charge in [0.25, 0.3) is 0 Å². The number of para-hydroxylation sites is 1. The Morgan fingerprint density at radius 1 is 1.25 bits per heavy atom. The standard InChI is InChI=1S/C32H34N4O7S/c1-17-25-28(37)36(32(2,3)30(38)39)31(40)35(29(25)44-26(17)27-34-9-10-42-27)16-24(22-7-5-6-8-23(22)41-4)43-21-13-19-11-18(15-33)12-20(19)14-21/h5-10,18-21,24-25H,11-14,16H2,1-4H3/p+1/t18?,19-,20+,21?,24?,25?. The fraction of sp³-hybridized carbons (Fsp3) is 0.500. The van der Waals surface area contributed by atoms with Crippen molar-refractivity contribution in [1.29, 1.82) is 5.26 Å². The summed E-state index contributed by atoms with van der Waals surface area (Å²) in [6.07, 6.45) is 5.60. The molecule has 4 aliphatic rings. The van der Waals surface area contributed by atoms with Crippen molar-refractivity contribution in [2.45, 2.75) is 64.2 Å². The minimum Gasteiger partial charge on any atom is -0.496 e. The molecule has 4 unspecified atom stereocenters. The van der Waals surface area contributed by atoms with Crippen LogP contribution >= 0.6 is 11.8 Å². The molecule has 0 saturated heterocycles. The van der Waals surface area contributed by atoms with E-state index >= 15 is 0 Å². The van der Waals surface area contributed by atoms with Crippen molar-refractivity contribution < 1.29 is 38.0 Å². The summed E-state index contributed by atoms with van der Waals surface area (Å²) in [6, 6.07) is 9.16. The molecule has 3 amide bonds. The van der Waals surface area contributed by atoms with Gasteiger partial charge in [0.15, 0.2) is 11.0 Å². The maximum atomic E-state index is 14.3. The second-order valence-electron chi connectivity index (χ2n) is 12.4. The van der Waals surface area contributed by atoms with Crippen LogP contribution in [0.5, 0.6) is 5.75 Å². The molecule has 0 radical (unpaired) electrons. The molecule has 2 aliphatic heterocycles. The van der Waals surface area contributed by atoms with Crippen molar-refractivity contribution in [2.75, 3.05) is 13.7 Å². The van der Waals surface area contributed by atoms with Gasteiger partial charge in [-0.2, -0.15) is 14.6 Å². The predicted octanol–water partition coefficient (Wildman–Crippen LogP) is 5.10. The zero-order valence-electron chi connectivity index (χ0n) is 25.1. The number of nitriles is 1. The van der Waals surface area contributed by atoms with Crippen LogP contribution in [-0.4, -0.2) is 67.8 Å². The topological polar surface area (TPSA) is 146 Å². The number of benzene rings is 1. The summed E-state index contributed by atoms with van der Waals surface area (Å²) < 4.78 is 19.6. The highest BCUT2D eigenvalue weighted by molar-refractivity contribution is 8.22. The van der Waals surface area contributed by atoms with Gasteiger partial charge < -0.3 is 19.0 Å². The molecule has 230 valence electrons. The number of urea groups is 1. The lowest BCUT2D eigenvalue weighted by atomic mass is 9.93. The summed E-state index contributed by atoms with van der Waals surface area (Å²) in [5.74, 6) is -0.941. The van der Waals surface area contributed by atoms with Gasteiger partial charge in [-0.05, 0) is 81.7 Å². The summed E-state index contributed by atoms with van der Waals surface area (Å²) >= 11 is 1.24. The van der Waals surface area contributed by atoms with Crippen LogP contribution in [0.3, 0.4) is 0 Å². The van der Waals surface area contributed by atoms with Crippen molar-refractivity contribution in [3.8, 4) is 11.8 Å². The Morgan fingerprint density at radius 3 is 2.57 bits per heavy atom. The number of carbonyl (C=O) groups excluding carboxylic acids is 2. The van der Waals surface area contributed by atoms with E-state index in [0.717, 1.165) is 36.1 Å². The summed E-state index contributed by atoms with van der Waals surface area (Å²) in [5, 5.41) is 20.0. The Bertz CT molecular complexity index is 1590. The normalized spacial score (nSPS) is 27.4. The molecule has 1 aromatic carbocycles. The molecular weight excluding hydrogens is 584 g/mol. The first-order chi connectivity index (χ1) is 21.0. The SMILES string of the molecule is COc1ccccc1C(C[N+]1=C2SC(c3ncco3)=C(C)C2C(=O)N(C(C)(C)C(=O)O)C1=O)OC1C[C@H]2CC(C#N)C[C@H]2C1. The van der Waals surface area contributed by atoms with Crippen molar-refractivity contribution in [1.82, 2.24) is 9.88 Å². The lowest BCUT2D eigenvalue weighted by Gasteiger charge is -2.33. The van der Waals surface area contributed by atoms with Crippen molar-refractivity contribution >= 4 is 39.6 Å². The van der Waals surface area contributed by atoms with E-state index in [0.29, 0.717) is 39.0 Å². The maximum Gasteiger partial charge on any atom is 0.502 e. The van der Waals surface area contributed by atoms with Crippen LogP contribution in [0, 0.1) is 35.0 Å². The molecule has 6 atom stereocenters. The second kappa shape index (κ2) is 11.5. The molecule has 2 aliphatic carbocycles. The molecule has 2 fully saturated rings. The molecule has 12 heteroatoms. The summed E-state index contributed by atoms with van der Waals surface area (Å²) in [4.78, 5) is 46.3. The minimum absolute atomic E-state index is 0.0241.